The number of hydrogen-bond acceptors (Lipinski definition) is 5. The quantitative estimate of drug-likeness (QED) is 0.631. The number of benzene rings is 2. The van der Waals surface area contributed by atoms with Gasteiger partial charge >= 0.3 is 5.97 Å². The van der Waals surface area contributed by atoms with E-state index in [2.05, 4.69) is 20.6 Å². The Labute approximate surface area is 149 Å². The van der Waals surface area contributed by atoms with Gasteiger partial charge in [-0.3, -0.25) is 0 Å². The monoisotopic (exact) mass is 360 g/mol. The van der Waals surface area contributed by atoms with Crippen LogP contribution in [0.15, 0.2) is 60.8 Å². The average molecular weight is 361 g/mol. The third-order valence-corrected chi connectivity index (χ3v) is 3.18. The zero-order valence-corrected chi connectivity index (χ0v) is 13.6. The highest BCUT2D eigenvalue weighted by molar-refractivity contribution is 5.95. The van der Waals surface area contributed by atoms with Gasteiger partial charge in [0.1, 0.15) is 0 Å². The van der Waals surface area contributed by atoms with Crippen molar-refractivity contribution < 1.29 is 14.3 Å². The van der Waals surface area contributed by atoms with Crippen LogP contribution in [0.25, 0.3) is 0 Å². The first kappa shape index (κ1) is 18.2. The van der Waals surface area contributed by atoms with E-state index >= 15 is 0 Å². The maximum absolute atomic E-state index is 14.0. The highest BCUT2D eigenvalue weighted by atomic mass is 35.5. The van der Waals surface area contributed by atoms with E-state index in [1.54, 1.807) is 12.1 Å². The van der Waals surface area contributed by atoms with Gasteiger partial charge in [-0.2, -0.15) is 4.98 Å². The lowest BCUT2D eigenvalue weighted by Gasteiger charge is -2.11. The number of para-hydroxylation sites is 2. The van der Waals surface area contributed by atoms with Crippen molar-refractivity contribution in [3.63, 3.8) is 0 Å². The molecule has 0 amide bonds. The molecule has 0 unspecified atom stereocenters. The Morgan fingerprint density at radius 3 is 2.40 bits per heavy atom. The lowest BCUT2D eigenvalue weighted by atomic mass is 10.2. The molecule has 25 heavy (non-hydrogen) atoms. The molecule has 0 aliphatic rings. The molecule has 6 nitrogen and oxygen atoms in total. The fraction of sp³-hybridized carbons (Fsp3) is 0. The number of carboxylic acid groups (broad SMARTS) is 1. The predicted octanol–water partition coefficient (Wildman–Crippen LogP) is 4.22. The highest BCUT2D eigenvalue weighted by Crippen LogP contribution is 2.23. The second kappa shape index (κ2) is 8.07. The molecule has 0 saturated heterocycles. The molecule has 0 radical (unpaired) electrons. The second-order valence-corrected chi connectivity index (χ2v) is 4.86. The van der Waals surface area contributed by atoms with E-state index in [0.29, 0.717) is 0 Å². The first-order valence-electron chi connectivity index (χ1n) is 7.07. The van der Waals surface area contributed by atoms with Crippen LogP contribution >= 0.6 is 12.4 Å². The number of hydrogen-bond donors (Lipinski definition) is 3. The van der Waals surface area contributed by atoms with Gasteiger partial charge in [0.2, 0.25) is 5.95 Å². The van der Waals surface area contributed by atoms with E-state index in [0.717, 1.165) is 11.9 Å². The summed E-state index contributed by atoms with van der Waals surface area (Å²) < 4.78 is 14.0. The topological polar surface area (TPSA) is 87.1 Å². The zero-order chi connectivity index (χ0) is 16.9. The molecule has 8 heteroatoms. The van der Waals surface area contributed by atoms with Gasteiger partial charge in [-0.1, -0.05) is 30.3 Å². The molecule has 0 atom stereocenters. The van der Waals surface area contributed by atoms with Crippen LogP contribution in [-0.4, -0.2) is 21.0 Å². The molecule has 2 aromatic carbocycles. The van der Waals surface area contributed by atoms with Gasteiger partial charge in [0, 0.05) is 5.69 Å². The minimum atomic E-state index is -1.12. The molecular weight excluding hydrogens is 347 g/mol. The number of nitrogens with zero attached hydrogens (tertiary/aromatic N) is 2. The predicted molar refractivity (Wildman–Crippen MR) is 95.6 cm³/mol. The van der Waals surface area contributed by atoms with Gasteiger partial charge in [-0.05, 0) is 24.3 Å². The summed E-state index contributed by atoms with van der Waals surface area (Å²) >= 11 is 0. The lowest BCUT2D eigenvalue weighted by molar-refractivity contribution is 0.0698. The SMILES string of the molecule is Cl.O=C(O)c1ccccc1Nc1nc(Nc2ccccc2)ncc1F. The van der Waals surface area contributed by atoms with E-state index in [1.165, 1.54) is 12.1 Å². The standard InChI is InChI=1S/C17H13FN4O2.ClH/c18-13-10-19-17(20-11-6-2-1-3-7-11)22-15(13)21-14-9-5-4-8-12(14)16(23)24;/h1-10H,(H,23,24)(H2,19,20,21,22);1H. The maximum Gasteiger partial charge on any atom is 0.337 e. The van der Waals surface area contributed by atoms with Crippen LogP contribution in [0.2, 0.25) is 0 Å². The first-order chi connectivity index (χ1) is 11.6. The van der Waals surface area contributed by atoms with Crippen molar-refractivity contribution in [2.75, 3.05) is 10.6 Å². The number of carboxylic acids is 1. The second-order valence-electron chi connectivity index (χ2n) is 4.86. The summed E-state index contributed by atoms with van der Waals surface area (Å²) in [6.07, 6.45) is 1.02. The number of anilines is 4. The summed E-state index contributed by atoms with van der Waals surface area (Å²) in [5.74, 6) is -1.72. The molecule has 0 spiro atoms. The molecule has 0 aliphatic heterocycles. The summed E-state index contributed by atoms with van der Waals surface area (Å²) in [5.41, 5.74) is 1.02. The molecule has 0 bridgehead atoms. The van der Waals surface area contributed by atoms with Crippen molar-refractivity contribution in [3.8, 4) is 0 Å². The first-order valence-corrected chi connectivity index (χ1v) is 7.07. The molecule has 1 heterocycles. The van der Waals surface area contributed by atoms with Gasteiger partial charge in [-0.25, -0.2) is 14.2 Å². The zero-order valence-electron chi connectivity index (χ0n) is 12.8. The summed E-state index contributed by atoms with van der Waals surface area (Å²) in [6, 6.07) is 15.4. The molecule has 1 aromatic heterocycles. The highest BCUT2D eigenvalue weighted by Gasteiger charge is 2.13. The van der Waals surface area contributed by atoms with Gasteiger partial charge in [0.25, 0.3) is 0 Å². The van der Waals surface area contributed by atoms with E-state index in [4.69, 9.17) is 0 Å². The fourth-order valence-corrected chi connectivity index (χ4v) is 2.07. The van der Waals surface area contributed by atoms with Crippen LogP contribution in [-0.2, 0) is 0 Å². The molecule has 0 saturated carbocycles. The number of rotatable bonds is 5. The largest absolute Gasteiger partial charge is 0.478 e. The smallest absolute Gasteiger partial charge is 0.337 e. The number of aromatic carboxylic acids is 1. The van der Waals surface area contributed by atoms with Crippen molar-refractivity contribution >= 4 is 41.5 Å². The molecule has 128 valence electrons. The normalized spacial score (nSPS) is 9.80. The van der Waals surface area contributed by atoms with Crippen LogP contribution in [0, 0.1) is 5.82 Å². The van der Waals surface area contributed by atoms with Crippen LogP contribution in [0.5, 0.6) is 0 Å². The number of nitrogens with one attached hydrogen (secondary N) is 2. The molecule has 0 aliphatic carbocycles. The van der Waals surface area contributed by atoms with E-state index < -0.39 is 11.8 Å². The Bertz CT molecular complexity index is 878. The Morgan fingerprint density at radius 1 is 1.00 bits per heavy atom. The average Bonchev–Trinajstić information content (AvgIpc) is 2.59. The van der Waals surface area contributed by atoms with Crippen molar-refractivity contribution in [3.05, 3.63) is 72.2 Å². The lowest BCUT2D eigenvalue weighted by Crippen LogP contribution is -2.06. The van der Waals surface area contributed by atoms with E-state index in [-0.39, 0.29) is 35.4 Å². The van der Waals surface area contributed by atoms with E-state index in [1.807, 2.05) is 30.3 Å². The molecule has 3 rings (SSSR count). The summed E-state index contributed by atoms with van der Waals surface area (Å²) in [6.45, 7) is 0. The Balaban J connectivity index is 0.00000225. The summed E-state index contributed by atoms with van der Waals surface area (Å²) in [4.78, 5) is 19.2. The molecule has 3 N–H and O–H groups in total. The van der Waals surface area contributed by atoms with E-state index in [9.17, 15) is 14.3 Å². The molecule has 0 fully saturated rings. The van der Waals surface area contributed by atoms with Gasteiger partial charge < -0.3 is 15.7 Å². The van der Waals surface area contributed by atoms with Crippen LogP contribution in [0.1, 0.15) is 10.4 Å². The Hall–Kier alpha value is -3.19. The summed E-state index contributed by atoms with van der Waals surface area (Å²) in [7, 11) is 0. The van der Waals surface area contributed by atoms with Crippen molar-refractivity contribution in [2.45, 2.75) is 0 Å². The van der Waals surface area contributed by atoms with Crippen molar-refractivity contribution in [1.82, 2.24) is 9.97 Å². The maximum atomic E-state index is 14.0. The fourth-order valence-electron chi connectivity index (χ4n) is 2.07. The minimum absolute atomic E-state index is 0. The van der Waals surface area contributed by atoms with Gasteiger partial charge in [-0.15, -0.1) is 12.4 Å². The third kappa shape index (κ3) is 4.42. The minimum Gasteiger partial charge on any atom is -0.478 e. The Kier molecular flexibility index (Phi) is 5.86. The number of carbonyl (C=O) groups is 1. The van der Waals surface area contributed by atoms with Crippen molar-refractivity contribution in [1.29, 1.82) is 0 Å². The number of halogens is 2. The van der Waals surface area contributed by atoms with Crippen LogP contribution in [0.4, 0.5) is 27.5 Å². The third-order valence-electron chi connectivity index (χ3n) is 3.18. The Morgan fingerprint density at radius 2 is 1.68 bits per heavy atom. The summed E-state index contributed by atoms with van der Waals surface area (Å²) in [5, 5.41) is 14.8. The van der Waals surface area contributed by atoms with Crippen LogP contribution in [0.3, 0.4) is 0 Å². The van der Waals surface area contributed by atoms with Gasteiger partial charge in [0.15, 0.2) is 11.6 Å². The van der Waals surface area contributed by atoms with Crippen LogP contribution < -0.4 is 10.6 Å². The van der Waals surface area contributed by atoms with Gasteiger partial charge in [0.05, 0.1) is 17.4 Å². The molecule has 3 aromatic rings. The number of aromatic nitrogens is 2. The van der Waals surface area contributed by atoms with Crippen molar-refractivity contribution in [2.24, 2.45) is 0 Å². The molecular formula is C17H14ClFN4O2.